The summed E-state index contributed by atoms with van der Waals surface area (Å²) in [4.78, 5) is 131. The van der Waals surface area contributed by atoms with Crippen LogP contribution in [0, 0.1) is 11.8 Å². The first-order valence-corrected chi connectivity index (χ1v) is 23.3. The number of benzene rings is 2. The molecule has 0 heterocycles. The number of hydrogen-bond donors (Lipinski definition) is 15. The van der Waals surface area contributed by atoms with Gasteiger partial charge in [0.25, 0.3) is 0 Å². The van der Waals surface area contributed by atoms with Crippen molar-refractivity contribution in [2.45, 2.75) is 128 Å². The van der Waals surface area contributed by atoms with E-state index in [0.29, 0.717) is 11.1 Å². The summed E-state index contributed by atoms with van der Waals surface area (Å²) in [5, 5.41) is 58.5. The number of amides is 9. The van der Waals surface area contributed by atoms with E-state index < -0.39 is 139 Å². The normalized spacial score (nSPS) is 15.4. The van der Waals surface area contributed by atoms with Gasteiger partial charge < -0.3 is 74.4 Å². The highest BCUT2D eigenvalue weighted by atomic mass is 32.1. The predicted octanol–water partition coefficient (Wildman–Crippen LogP) is -3.63. The Morgan fingerprint density at radius 1 is 0.563 bits per heavy atom. The van der Waals surface area contributed by atoms with E-state index in [1.165, 1.54) is 38.1 Å². The van der Waals surface area contributed by atoms with Crippen molar-refractivity contribution >= 4 is 71.8 Å². The molecule has 2 rings (SSSR count). The minimum absolute atomic E-state index is 0.0122. The molecule has 24 nitrogen and oxygen atoms in total. The number of carbonyl (C=O) groups is 10. The summed E-state index contributed by atoms with van der Waals surface area (Å²) in [6.45, 7) is 8.08. The number of rotatable bonds is 29. The largest absolute Gasteiger partial charge is 0.508 e. The maximum absolute atomic E-state index is 14.1. The fraction of sp³-hybridized carbons (Fsp3) is 0.522. The van der Waals surface area contributed by atoms with Crippen molar-refractivity contribution in [1.82, 2.24) is 42.5 Å². The van der Waals surface area contributed by atoms with Gasteiger partial charge in [-0.3, -0.25) is 43.2 Å². The Hall–Kier alpha value is -6.83. The number of thiol groups is 1. The SMILES string of the molecule is CC(C)C[C@H](NC(=O)[C@H](CC(N)=O)NC(=O)[C@H](CO)NC(=O)[C@@H](NC(=O)[C@H](Cc1ccccc1)NC(=O)[C@H](CS)NC(=O)[C@H](C)NC(=O)[C@H](Cc1ccc(O)cc1)NC(=O)[C@@H](N)[C@@H](C)O)C(C)C)C(=O)O. The minimum Gasteiger partial charge on any atom is -0.508 e. The van der Waals surface area contributed by atoms with Gasteiger partial charge in [0, 0.05) is 18.6 Å². The molecule has 71 heavy (non-hydrogen) atoms. The molecule has 0 radical (unpaired) electrons. The molecule has 0 unspecified atom stereocenters. The number of carbonyl (C=O) groups excluding carboxylic acids is 9. The van der Waals surface area contributed by atoms with Gasteiger partial charge >= 0.3 is 5.97 Å². The second-order valence-corrected chi connectivity index (χ2v) is 18.0. The fourth-order valence-electron chi connectivity index (χ4n) is 6.66. The summed E-state index contributed by atoms with van der Waals surface area (Å²) in [6.07, 6.45) is -2.27. The van der Waals surface area contributed by atoms with Gasteiger partial charge in [-0.25, -0.2) is 4.79 Å². The lowest BCUT2D eigenvalue weighted by atomic mass is 10.00. The fourth-order valence-corrected chi connectivity index (χ4v) is 6.92. The Bertz CT molecular complexity index is 2170. The van der Waals surface area contributed by atoms with Gasteiger partial charge in [0.2, 0.25) is 53.2 Å². The summed E-state index contributed by atoms with van der Waals surface area (Å²) in [5.74, 6) is -11.2. The number of aliphatic carboxylic acids is 1. The molecule has 2 aromatic rings. The van der Waals surface area contributed by atoms with Gasteiger partial charge in [-0.2, -0.15) is 12.6 Å². The zero-order valence-electron chi connectivity index (χ0n) is 40.3. The van der Waals surface area contributed by atoms with E-state index in [9.17, 15) is 68.4 Å². The number of nitrogens with two attached hydrogens (primary N) is 2. The molecule has 0 fully saturated rings. The highest BCUT2D eigenvalue weighted by Crippen LogP contribution is 2.13. The van der Waals surface area contributed by atoms with Crippen LogP contribution in [-0.4, -0.2) is 152 Å². The van der Waals surface area contributed by atoms with Crippen LogP contribution < -0.4 is 54.0 Å². The molecular weight excluding hydrogens is 949 g/mol. The van der Waals surface area contributed by atoms with E-state index in [0.717, 1.165) is 0 Å². The molecule has 0 bridgehead atoms. The number of hydrogen-bond acceptors (Lipinski definition) is 15. The Morgan fingerprint density at radius 3 is 1.51 bits per heavy atom. The topological polar surface area (TPSA) is 400 Å². The van der Waals surface area contributed by atoms with Crippen molar-refractivity contribution in [2.75, 3.05) is 12.4 Å². The van der Waals surface area contributed by atoms with E-state index in [2.05, 4.69) is 55.2 Å². The number of phenols is 1. The van der Waals surface area contributed by atoms with Gasteiger partial charge in [0.15, 0.2) is 0 Å². The van der Waals surface area contributed by atoms with Gasteiger partial charge in [0.1, 0.15) is 60.1 Å². The molecule has 16 N–H and O–H groups in total. The first-order valence-electron chi connectivity index (χ1n) is 22.7. The Labute approximate surface area is 416 Å². The van der Waals surface area contributed by atoms with E-state index in [4.69, 9.17) is 11.5 Å². The number of aromatic hydroxyl groups is 1. The summed E-state index contributed by atoms with van der Waals surface area (Å²) in [6, 6.07) is 1.02. The smallest absolute Gasteiger partial charge is 0.326 e. The van der Waals surface area contributed by atoms with Crippen molar-refractivity contribution < 1.29 is 68.4 Å². The van der Waals surface area contributed by atoms with Crippen LogP contribution >= 0.6 is 12.6 Å². The number of phenolic OH excluding ortho intramolecular Hbond substituents is 1. The van der Waals surface area contributed by atoms with Crippen LogP contribution in [0.2, 0.25) is 0 Å². The van der Waals surface area contributed by atoms with Crippen molar-refractivity contribution in [1.29, 1.82) is 0 Å². The molecule has 25 heteroatoms. The maximum atomic E-state index is 14.1. The van der Waals surface area contributed by atoms with Gasteiger partial charge in [-0.05, 0) is 55.4 Å². The maximum Gasteiger partial charge on any atom is 0.326 e. The van der Waals surface area contributed by atoms with Gasteiger partial charge in [0.05, 0.1) is 19.1 Å². The lowest BCUT2D eigenvalue weighted by Gasteiger charge is -2.28. The molecular formula is C46H68N10O14S. The van der Waals surface area contributed by atoms with Crippen molar-refractivity contribution in [3.05, 3.63) is 65.7 Å². The molecule has 0 saturated heterocycles. The van der Waals surface area contributed by atoms with E-state index in [1.807, 2.05) is 0 Å². The number of primary amides is 1. The number of aliphatic hydroxyl groups excluding tert-OH is 2. The average Bonchev–Trinajstić information content (AvgIpc) is 3.30. The zero-order valence-corrected chi connectivity index (χ0v) is 41.2. The van der Waals surface area contributed by atoms with Crippen LogP contribution in [0.1, 0.15) is 65.5 Å². The highest BCUT2D eigenvalue weighted by molar-refractivity contribution is 7.80. The molecule has 0 spiro atoms. The standard InChI is InChI=1S/C46H68N10O14S/c1-22(2)16-32(46(69)70)53-40(63)31(19-35(47)60)51-42(65)33(20-57)54-45(68)37(23(3)4)56-41(64)30(17-26-10-8-7-9-11-26)50-43(66)34(21-71)55-38(61)24(5)49-39(62)29(52-44(67)36(48)25(6)58)18-27-12-14-28(59)15-13-27/h7-15,22-25,29-34,36-37,57-59,71H,16-21,48H2,1-6H3,(H2,47,60)(H,49,62)(H,50,66)(H,51,65)(H,52,67)(H,53,63)(H,54,68)(H,55,61)(H,56,64)(H,69,70)/t24-,25+,29-,30-,31-,32-,33-,34-,36-,37-/m0/s1. The van der Waals surface area contributed by atoms with Crippen LogP contribution in [-0.2, 0) is 60.8 Å². The lowest BCUT2D eigenvalue weighted by molar-refractivity contribution is -0.143. The van der Waals surface area contributed by atoms with Gasteiger partial charge in [-0.1, -0.05) is 70.2 Å². The number of carboxylic acids is 1. The third-order valence-electron chi connectivity index (χ3n) is 10.7. The van der Waals surface area contributed by atoms with Gasteiger partial charge in [-0.15, -0.1) is 0 Å². The number of aliphatic hydroxyl groups is 2. The molecule has 2 aromatic carbocycles. The zero-order chi connectivity index (χ0) is 53.7. The quantitative estimate of drug-likeness (QED) is 0.0350. The molecule has 0 aliphatic rings. The van der Waals surface area contributed by atoms with E-state index in [1.54, 1.807) is 58.0 Å². The predicted molar refractivity (Wildman–Crippen MR) is 259 cm³/mol. The van der Waals surface area contributed by atoms with Crippen molar-refractivity contribution in [3.63, 3.8) is 0 Å². The molecule has 392 valence electrons. The van der Waals surface area contributed by atoms with Crippen molar-refractivity contribution in [3.8, 4) is 5.75 Å². The van der Waals surface area contributed by atoms with Crippen LogP contribution in [0.25, 0.3) is 0 Å². The second kappa shape index (κ2) is 29.4. The summed E-state index contributed by atoms with van der Waals surface area (Å²) in [7, 11) is 0. The lowest BCUT2D eigenvalue weighted by Crippen LogP contribution is -2.62. The van der Waals surface area contributed by atoms with E-state index >= 15 is 0 Å². The molecule has 0 saturated carbocycles. The summed E-state index contributed by atoms with van der Waals surface area (Å²) >= 11 is 4.22. The molecule has 0 aliphatic heterocycles. The summed E-state index contributed by atoms with van der Waals surface area (Å²) in [5.41, 5.74) is 12.1. The van der Waals surface area contributed by atoms with Crippen LogP contribution in [0.15, 0.2) is 54.6 Å². The molecule has 0 aliphatic carbocycles. The Morgan fingerprint density at radius 2 is 1.01 bits per heavy atom. The highest BCUT2D eigenvalue weighted by Gasteiger charge is 2.36. The van der Waals surface area contributed by atoms with E-state index in [-0.39, 0.29) is 36.7 Å². The number of carboxylic acid groups (broad SMARTS) is 1. The second-order valence-electron chi connectivity index (χ2n) is 17.7. The molecule has 0 aromatic heterocycles. The Balaban J connectivity index is 2.27. The Kier molecular flexibility index (Phi) is 24.9. The monoisotopic (exact) mass is 1020 g/mol. The first-order chi connectivity index (χ1) is 33.3. The van der Waals surface area contributed by atoms with Crippen LogP contribution in [0.4, 0.5) is 0 Å². The van der Waals surface area contributed by atoms with Crippen molar-refractivity contribution in [2.24, 2.45) is 23.3 Å². The first kappa shape index (κ1) is 60.3. The third-order valence-corrected chi connectivity index (χ3v) is 11.1. The minimum atomic E-state index is -1.77. The average molecular weight is 1020 g/mol. The third kappa shape index (κ3) is 20.6. The molecule has 10 atom stereocenters. The van der Waals surface area contributed by atoms with Crippen LogP contribution in [0.3, 0.4) is 0 Å². The number of nitrogens with one attached hydrogen (secondary N) is 8. The molecule has 9 amide bonds. The van der Waals surface area contributed by atoms with Crippen LogP contribution in [0.5, 0.6) is 5.75 Å². The summed E-state index contributed by atoms with van der Waals surface area (Å²) < 4.78 is 0.